The Morgan fingerprint density at radius 1 is 1.26 bits per heavy atom. The number of ether oxygens (including phenoxy) is 1. The molecule has 1 unspecified atom stereocenters. The van der Waals surface area contributed by atoms with Crippen LogP contribution in [-0.4, -0.2) is 28.0 Å². The maximum Gasteiger partial charge on any atom is 0.348 e. The molecule has 0 aromatic carbocycles. The highest BCUT2D eigenvalue weighted by molar-refractivity contribution is 7.16. The largest absolute Gasteiger partial charge is 0.462 e. The van der Waals surface area contributed by atoms with Crippen molar-refractivity contribution in [1.29, 1.82) is 0 Å². The summed E-state index contributed by atoms with van der Waals surface area (Å²) in [5.41, 5.74) is 1.97. The summed E-state index contributed by atoms with van der Waals surface area (Å²) in [5.74, 6) is -0.826. The molecule has 0 bridgehead atoms. The summed E-state index contributed by atoms with van der Waals surface area (Å²) < 4.78 is 6.51. The van der Waals surface area contributed by atoms with E-state index in [0.29, 0.717) is 28.4 Å². The number of esters is 1. The lowest BCUT2D eigenvalue weighted by Gasteiger charge is -2.20. The van der Waals surface area contributed by atoms with E-state index in [0.717, 1.165) is 10.4 Å². The average Bonchev–Trinajstić information content (AvgIpc) is 2.84. The van der Waals surface area contributed by atoms with Gasteiger partial charge in [-0.25, -0.2) is 9.59 Å². The Labute approximate surface area is 162 Å². The van der Waals surface area contributed by atoms with Gasteiger partial charge in [-0.2, -0.15) is 4.98 Å². The third-order valence-electron chi connectivity index (χ3n) is 4.38. The van der Waals surface area contributed by atoms with Gasteiger partial charge in [0.2, 0.25) is 5.91 Å². The van der Waals surface area contributed by atoms with Gasteiger partial charge >= 0.3 is 11.7 Å². The molecule has 0 aliphatic heterocycles. The molecule has 1 N–H and O–H groups in total. The molecule has 8 heteroatoms. The SMILES string of the molecule is CCOC(=O)c1c(NC(=O)C(CC)n2c(C)cc(C)nc2=O)sc(C)c1C. The molecule has 0 fully saturated rings. The van der Waals surface area contributed by atoms with Crippen LogP contribution in [0.5, 0.6) is 0 Å². The zero-order chi connectivity index (χ0) is 20.3. The maximum absolute atomic E-state index is 12.9. The molecule has 2 aromatic heterocycles. The van der Waals surface area contributed by atoms with Crippen LogP contribution in [0.15, 0.2) is 10.9 Å². The first-order valence-corrected chi connectivity index (χ1v) is 9.67. The molecular formula is C19H25N3O4S. The lowest BCUT2D eigenvalue weighted by molar-refractivity contribution is -0.119. The molecule has 2 heterocycles. The molecule has 0 saturated heterocycles. The molecular weight excluding hydrogens is 366 g/mol. The summed E-state index contributed by atoms with van der Waals surface area (Å²) in [6, 6.07) is 1.05. The second-order valence-corrected chi connectivity index (χ2v) is 7.54. The topological polar surface area (TPSA) is 90.3 Å². The smallest absolute Gasteiger partial charge is 0.348 e. The predicted molar refractivity (Wildman–Crippen MR) is 106 cm³/mol. The molecule has 0 radical (unpaired) electrons. The molecule has 1 amide bonds. The number of carbonyl (C=O) groups excluding carboxylic acids is 2. The number of carbonyl (C=O) groups is 2. The number of nitrogens with one attached hydrogen (secondary N) is 1. The van der Waals surface area contributed by atoms with Crippen molar-refractivity contribution in [2.75, 3.05) is 11.9 Å². The second-order valence-electron chi connectivity index (χ2n) is 6.31. The number of hydrogen-bond donors (Lipinski definition) is 1. The first-order chi connectivity index (χ1) is 12.7. The quantitative estimate of drug-likeness (QED) is 0.763. The Kier molecular flexibility index (Phi) is 6.54. The van der Waals surface area contributed by atoms with Crippen molar-refractivity contribution in [3.8, 4) is 0 Å². The van der Waals surface area contributed by atoms with Crippen molar-refractivity contribution < 1.29 is 14.3 Å². The van der Waals surface area contributed by atoms with E-state index in [1.807, 2.05) is 20.8 Å². The zero-order valence-corrected chi connectivity index (χ0v) is 17.3. The summed E-state index contributed by atoms with van der Waals surface area (Å²) in [5, 5.41) is 3.26. The Hall–Kier alpha value is -2.48. The summed E-state index contributed by atoms with van der Waals surface area (Å²) in [4.78, 5) is 42.4. The van der Waals surface area contributed by atoms with Crippen molar-refractivity contribution in [1.82, 2.24) is 9.55 Å². The number of anilines is 1. The number of aryl methyl sites for hydroxylation is 3. The number of aromatic nitrogens is 2. The summed E-state index contributed by atoms with van der Waals surface area (Å²) in [6.07, 6.45) is 0.412. The lowest BCUT2D eigenvalue weighted by atomic mass is 10.1. The van der Waals surface area contributed by atoms with E-state index >= 15 is 0 Å². The fourth-order valence-electron chi connectivity index (χ4n) is 2.98. The summed E-state index contributed by atoms with van der Waals surface area (Å²) >= 11 is 1.32. The first-order valence-electron chi connectivity index (χ1n) is 8.85. The van der Waals surface area contributed by atoms with Crippen molar-refractivity contribution in [2.24, 2.45) is 0 Å². The normalized spacial score (nSPS) is 11.9. The second kappa shape index (κ2) is 8.47. The Balaban J connectivity index is 2.41. The van der Waals surface area contributed by atoms with Gasteiger partial charge in [-0.3, -0.25) is 9.36 Å². The monoisotopic (exact) mass is 391 g/mol. The van der Waals surface area contributed by atoms with Crippen molar-refractivity contribution in [2.45, 2.75) is 54.0 Å². The number of thiophene rings is 1. The number of nitrogens with zero attached hydrogens (tertiary/aromatic N) is 2. The number of amides is 1. The van der Waals surface area contributed by atoms with E-state index in [2.05, 4.69) is 10.3 Å². The minimum Gasteiger partial charge on any atom is -0.462 e. The highest BCUT2D eigenvalue weighted by atomic mass is 32.1. The van der Waals surface area contributed by atoms with Crippen LogP contribution in [0, 0.1) is 27.7 Å². The van der Waals surface area contributed by atoms with Gasteiger partial charge in [0.15, 0.2) is 0 Å². The number of hydrogen-bond acceptors (Lipinski definition) is 6. The van der Waals surface area contributed by atoms with E-state index in [-0.39, 0.29) is 12.5 Å². The molecule has 27 heavy (non-hydrogen) atoms. The van der Waals surface area contributed by atoms with Crippen LogP contribution < -0.4 is 11.0 Å². The minimum absolute atomic E-state index is 0.252. The van der Waals surface area contributed by atoms with E-state index < -0.39 is 17.7 Å². The van der Waals surface area contributed by atoms with Crippen LogP contribution in [0.1, 0.15) is 58.5 Å². The van der Waals surface area contributed by atoms with Gasteiger partial charge in [-0.1, -0.05) is 6.92 Å². The van der Waals surface area contributed by atoms with Crippen molar-refractivity contribution in [3.63, 3.8) is 0 Å². The highest BCUT2D eigenvalue weighted by Crippen LogP contribution is 2.33. The van der Waals surface area contributed by atoms with Crippen LogP contribution in [0.25, 0.3) is 0 Å². The van der Waals surface area contributed by atoms with Crippen LogP contribution >= 0.6 is 11.3 Å². The maximum atomic E-state index is 12.9. The summed E-state index contributed by atoms with van der Waals surface area (Å²) in [7, 11) is 0. The van der Waals surface area contributed by atoms with Crippen LogP contribution in [0.2, 0.25) is 0 Å². The average molecular weight is 391 g/mol. The van der Waals surface area contributed by atoms with E-state index in [1.165, 1.54) is 15.9 Å². The molecule has 0 saturated carbocycles. The molecule has 0 spiro atoms. The van der Waals surface area contributed by atoms with E-state index in [1.54, 1.807) is 26.8 Å². The van der Waals surface area contributed by atoms with Gasteiger partial charge in [0, 0.05) is 16.3 Å². The number of rotatable bonds is 6. The molecule has 7 nitrogen and oxygen atoms in total. The van der Waals surface area contributed by atoms with Gasteiger partial charge < -0.3 is 10.1 Å². The van der Waals surface area contributed by atoms with Crippen molar-refractivity contribution >= 4 is 28.2 Å². The van der Waals surface area contributed by atoms with Gasteiger partial charge in [0.05, 0.1) is 12.2 Å². The lowest BCUT2D eigenvalue weighted by Crippen LogP contribution is -2.36. The molecule has 0 aliphatic carbocycles. The first kappa shape index (κ1) is 20.8. The third-order valence-corrected chi connectivity index (χ3v) is 5.50. The molecule has 146 valence electrons. The molecule has 1 atom stereocenters. The van der Waals surface area contributed by atoms with Gasteiger partial charge in [-0.15, -0.1) is 11.3 Å². The Morgan fingerprint density at radius 3 is 2.48 bits per heavy atom. The summed E-state index contributed by atoms with van der Waals surface area (Å²) in [6.45, 7) is 11.0. The van der Waals surface area contributed by atoms with Gasteiger partial charge in [-0.05, 0) is 52.7 Å². The van der Waals surface area contributed by atoms with E-state index in [9.17, 15) is 14.4 Å². The molecule has 2 rings (SSSR count). The fraction of sp³-hybridized carbons (Fsp3) is 0.474. The minimum atomic E-state index is -0.719. The van der Waals surface area contributed by atoms with Crippen molar-refractivity contribution in [3.05, 3.63) is 43.9 Å². The standard InChI is InChI=1S/C19H25N3O4S/c1-7-14(22-11(4)9-10(3)20-19(22)25)16(23)21-17-15(18(24)26-8-2)12(5)13(6)27-17/h9,14H,7-8H2,1-6H3,(H,21,23). The van der Waals surface area contributed by atoms with Gasteiger partial charge in [0.1, 0.15) is 11.0 Å². The molecule has 2 aromatic rings. The van der Waals surface area contributed by atoms with Gasteiger partial charge in [0.25, 0.3) is 0 Å². The van der Waals surface area contributed by atoms with E-state index in [4.69, 9.17) is 4.74 Å². The third kappa shape index (κ3) is 4.27. The van der Waals surface area contributed by atoms with Crippen LogP contribution in [0.3, 0.4) is 0 Å². The fourth-order valence-corrected chi connectivity index (χ4v) is 4.03. The Bertz CT molecular complexity index is 930. The molecule has 0 aliphatic rings. The van der Waals surface area contributed by atoms with Crippen LogP contribution in [-0.2, 0) is 9.53 Å². The zero-order valence-electron chi connectivity index (χ0n) is 16.5. The Morgan fingerprint density at radius 2 is 1.93 bits per heavy atom. The predicted octanol–water partition coefficient (Wildman–Crippen LogP) is 3.30. The highest BCUT2D eigenvalue weighted by Gasteiger charge is 2.26. The van der Waals surface area contributed by atoms with Crippen LogP contribution in [0.4, 0.5) is 5.00 Å².